The number of carboxylic acid groups (broad SMARTS) is 1. The molecule has 112 valence electrons. The summed E-state index contributed by atoms with van der Waals surface area (Å²) < 4.78 is 1.59. The van der Waals surface area contributed by atoms with Crippen LogP contribution in [0.4, 0.5) is 5.69 Å². The molecule has 0 aliphatic heterocycles. The van der Waals surface area contributed by atoms with Gasteiger partial charge < -0.3 is 5.11 Å². The molecule has 0 spiro atoms. The van der Waals surface area contributed by atoms with Gasteiger partial charge in [-0.3, -0.25) is 4.68 Å². The Balaban J connectivity index is 2.14. The van der Waals surface area contributed by atoms with Gasteiger partial charge in [-0.05, 0) is 11.6 Å². The second-order valence-corrected chi connectivity index (χ2v) is 4.83. The van der Waals surface area contributed by atoms with Crippen LogP contribution in [-0.4, -0.2) is 30.8 Å². The maximum absolute atomic E-state index is 11.3. The highest BCUT2D eigenvalue weighted by atomic mass is 16.4. The molecule has 2 aromatic heterocycles. The highest BCUT2D eigenvalue weighted by Gasteiger charge is 2.14. The summed E-state index contributed by atoms with van der Waals surface area (Å²) in [4.78, 5) is 23.1. The number of hydrogen-bond donors (Lipinski definition) is 1. The van der Waals surface area contributed by atoms with E-state index in [0.29, 0.717) is 28.3 Å². The van der Waals surface area contributed by atoms with Gasteiger partial charge in [0.25, 0.3) is 0 Å². The number of aryl methyl sites for hydroxylation is 1. The van der Waals surface area contributed by atoms with E-state index in [0.717, 1.165) is 0 Å². The minimum Gasteiger partial charge on any atom is -0.477 e. The van der Waals surface area contributed by atoms with E-state index in [9.17, 15) is 9.90 Å². The topological polar surface area (TPSA) is 85.3 Å². The highest BCUT2D eigenvalue weighted by molar-refractivity contribution is 5.87. The lowest BCUT2D eigenvalue weighted by molar-refractivity contribution is 0.0690. The molecule has 0 unspecified atom stereocenters. The van der Waals surface area contributed by atoms with Crippen molar-refractivity contribution in [3.63, 3.8) is 0 Å². The van der Waals surface area contributed by atoms with E-state index >= 15 is 0 Å². The molecule has 3 rings (SSSR count). The number of benzene rings is 1. The lowest BCUT2D eigenvalue weighted by Crippen LogP contribution is -2.04. The van der Waals surface area contributed by atoms with Gasteiger partial charge in [0.05, 0.1) is 24.0 Å². The van der Waals surface area contributed by atoms with E-state index < -0.39 is 5.97 Å². The molecule has 0 aliphatic rings. The minimum atomic E-state index is -1.13. The molecule has 3 aromatic rings. The average Bonchev–Trinajstić information content (AvgIpc) is 3.01. The van der Waals surface area contributed by atoms with Crippen LogP contribution in [0.5, 0.6) is 0 Å². The predicted molar refractivity (Wildman–Crippen MR) is 82.9 cm³/mol. The fourth-order valence-electron chi connectivity index (χ4n) is 2.08. The van der Waals surface area contributed by atoms with Gasteiger partial charge in [-0.2, -0.15) is 5.10 Å². The molecular formula is C16H11N5O2. The van der Waals surface area contributed by atoms with Crippen LogP contribution in [0.1, 0.15) is 10.5 Å². The molecule has 2 heterocycles. The van der Waals surface area contributed by atoms with Crippen molar-refractivity contribution in [2.24, 2.45) is 7.05 Å². The number of nitrogens with zero attached hydrogens (tertiary/aromatic N) is 5. The van der Waals surface area contributed by atoms with Crippen LogP contribution in [0, 0.1) is 6.57 Å². The molecule has 0 aliphatic carbocycles. The fourth-order valence-corrected chi connectivity index (χ4v) is 2.08. The van der Waals surface area contributed by atoms with E-state index in [-0.39, 0.29) is 5.69 Å². The van der Waals surface area contributed by atoms with Gasteiger partial charge in [0.15, 0.2) is 17.2 Å². The van der Waals surface area contributed by atoms with Crippen molar-refractivity contribution in [3.8, 4) is 22.6 Å². The standard InChI is InChI=1S/C16H11N5O2/c1-17-12-5-3-10(4-6-12)13-7-14(16(22)23)20-15(19-13)11-8-18-21(2)9-11/h3-9H,2H3,(H,22,23). The van der Waals surface area contributed by atoms with Crippen molar-refractivity contribution in [1.82, 2.24) is 19.7 Å². The van der Waals surface area contributed by atoms with E-state index in [2.05, 4.69) is 19.9 Å². The van der Waals surface area contributed by atoms with Gasteiger partial charge in [-0.1, -0.05) is 24.3 Å². The second-order valence-electron chi connectivity index (χ2n) is 4.83. The Hall–Kier alpha value is -3.53. The molecule has 0 amide bonds. The van der Waals surface area contributed by atoms with Crippen LogP contribution in [0.25, 0.3) is 27.5 Å². The Labute approximate surface area is 131 Å². The summed E-state index contributed by atoms with van der Waals surface area (Å²) in [5.41, 5.74) is 2.24. The summed E-state index contributed by atoms with van der Waals surface area (Å²) in [7, 11) is 1.76. The van der Waals surface area contributed by atoms with Gasteiger partial charge in [0.2, 0.25) is 0 Å². The van der Waals surface area contributed by atoms with Crippen molar-refractivity contribution >= 4 is 11.7 Å². The maximum Gasteiger partial charge on any atom is 0.354 e. The van der Waals surface area contributed by atoms with E-state index in [1.165, 1.54) is 6.07 Å². The molecular weight excluding hydrogens is 294 g/mol. The number of rotatable bonds is 3. The number of carboxylic acids is 1. The van der Waals surface area contributed by atoms with E-state index in [4.69, 9.17) is 6.57 Å². The number of hydrogen-bond acceptors (Lipinski definition) is 4. The lowest BCUT2D eigenvalue weighted by Gasteiger charge is -2.05. The largest absolute Gasteiger partial charge is 0.477 e. The van der Waals surface area contributed by atoms with Gasteiger partial charge >= 0.3 is 5.97 Å². The zero-order valence-electron chi connectivity index (χ0n) is 12.1. The third-order valence-corrected chi connectivity index (χ3v) is 3.20. The quantitative estimate of drug-likeness (QED) is 0.752. The first-order chi connectivity index (χ1) is 11.1. The summed E-state index contributed by atoms with van der Waals surface area (Å²) in [5, 5.41) is 13.3. The predicted octanol–water partition coefficient (Wildman–Crippen LogP) is 2.79. The zero-order chi connectivity index (χ0) is 16.4. The van der Waals surface area contributed by atoms with Crippen molar-refractivity contribution in [1.29, 1.82) is 0 Å². The molecule has 0 atom stereocenters. The third kappa shape index (κ3) is 2.91. The third-order valence-electron chi connectivity index (χ3n) is 3.20. The number of carbonyl (C=O) groups is 1. The Morgan fingerprint density at radius 3 is 2.52 bits per heavy atom. The zero-order valence-corrected chi connectivity index (χ0v) is 12.1. The molecule has 0 saturated heterocycles. The SMILES string of the molecule is [C-]#[N+]c1ccc(-c2cc(C(=O)O)nc(-c3cnn(C)c3)n2)cc1. The first-order valence-electron chi connectivity index (χ1n) is 6.66. The normalized spacial score (nSPS) is 10.3. The van der Waals surface area contributed by atoms with Crippen molar-refractivity contribution in [2.75, 3.05) is 0 Å². The highest BCUT2D eigenvalue weighted by Crippen LogP contribution is 2.24. The molecule has 0 bridgehead atoms. The Kier molecular flexibility index (Phi) is 3.57. The molecule has 1 N–H and O–H groups in total. The lowest BCUT2D eigenvalue weighted by atomic mass is 10.1. The van der Waals surface area contributed by atoms with Gasteiger partial charge in [-0.15, -0.1) is 0 Å². The first kappa shape index (κ1) is 14.4. The van der Waals surface area contributed by atoms with Crippen LogP contribution >= 0.6 is 0 Å². The summed E-state index contributed by atoms with van der Waals surface area (Å²) in [5.74, 6) is -0.834. The van der Waals surface area contributed by atoms with Crippen molar-refractivity contribution in [3.05, 3.63) is 59.8 Å². The van der Waals surface area contributed by atoms with Crippen molar-refractivity contribution in [2.45, 2.75) is 0 Å². The van der Waals surface area contributed by atoms with E-state index in [1.54, 1.807) is 48.4 Å². The van der Waals surface area contributed by atoms with Crippen LogP contribution in [-0.2, 0) is 7.05 Å². The monoisotopic (exact) mass is 305 g/mol. The van der Waals surface area contributed by atoms with E-state index in [1.807, 2.05) is 0 Å². The molecule has 23 heavy (non-hydrogen) atoms. The average molecular weight is 305 g/mol. The molecule has 1 aromatic carbocycles. The molecule has 7 nitrogen and oxygen atoms in total. The van der Waals surface area contributed by atoms with Crippen LogP contribution in [0.2, 0.25) is 0 Å². The molecule has 0 fully saturated rings. The summed E-state index contributed by atoms with van der Waals surface area (Å²) >= 11 is 0. The van der Waals surface area contributed by atoms with Crippen LogP contribution in [0.15, 0.2) is 42.7 Å². The Bertz CT molecular complexity index is 922. The Morgan fingerprint density at radius 2 is 1.96 bits per heavy atom. The smallest absolute Gasteiger partial charge is 0.354 e. The van der Waals surface area contributed by atoms with Gasteiger partial charge in [0.1, 0.15) is 0 Å². The molecule has 0 saturated carbocycles. The number of aromatic carboxylic acids is 1. The molecule has 0 radical (unpaired) electrons. The summed E-state index contributed by atoms with van der Waals surface area (Å²) in [6, 6.07) is 8.20. The summed E-state index contributed by atoms with van der Waals surface area (Å²) in [6.45, 7) is 6.97. The van der Waals surface area contributed by atoms with Crippen LogP contribution in [0.3, 0.4) is 0 Å². The first-order valence-corrected chi connectivity index (χ1v) is 6.66. The summed E-state index contributed by atoms with van der Waals surface area (Å²) in [6.07, 6.45) is 3.29. The number of aromatic nitrogens is 4. The minimum absolute atomic E-state index is 0.0943. The van der Waals surface area contributed by atoms with Crippen molar-refractivity contribution < 1.29 is 9.90 Å². The fraction of sp³-hybridized carbons (Fsp3) is 0.0625. The Morgan fingerprint density at radius 1 is 1.22 bits per heavy atom. The second kappa shape index (κ2) is 5.69. The van der Waals surface area contributed by atoms with Gasteiger partial charge in [0, 0.05) is 13.2 Å². The van der Waals surface area contributed by atoms with Crippen LogP contribution < -0.4 is 0 Å². The van der Waals surface area contributed by atoms with Gasteiger partial charge in [-0.25, -0.2) is 19.6 Å². The molecule has 7 heteroatoms. The maximum atomic E-state index is 11.3.